The van der Waals surface area contributed by atoms with E-state index in [9.17, 15) is 9.59 Å². The summed E-state index contributed by atoms with van der Waals surface area (Å²) < 4.78 is 1.57. The van der Waals surface area contributed by atoms with E-state index in [1.54, 1.807) is 16.5 Å². The van der Waals surface area contributed by atoms with E-state index in [0.717, 1.165) is 22.2 Å². The van der Waals surface area contributed by atoms with E-state index >= 15 is 0 Å². The van der Waals surface area contributed by atoms with Crippen LogP contribution in [0, 0.1) is 0 Å². The predicted octanol–water partition coefficient (Wildman–Crippen LogP) is 3.63. The fourth-order valence-electron chi connectivity index (χ4n) is 4.14. The number of fused-ring (bicyclic) bond motifs is 2. The quantitative estimate of drug-likeness (QED) is 0.560. The Hall–Kier alpha value is -3.93. The third-order valence-corrected chi connectivity index (χ3v) is 5.75. The number of para-hydroxylation sites is 1. The van der Waals surface area contributed by atoms with E-state index in [1.165, 1.54) is 0 Å². The summed E-state index contributed by atoms with van der Waals surface area (Å²) in [6, 6.07) is 23.1. The molecule has 5 rings (SSSR count). The molecule has 2 heterocycles. The lowest BCUT2D eigenvalue weighted by Crippen LogP contribution is -2.41. The molecule has 0 spiro atoms. The smallest absolute Gasteiger partial charge is 0.264 e. The number of amides is 1. The van der Waals surface area contributed by atoms with Crippen LogP contribution >= 0.6 is 0 Å². The Labute approximate surface area is 179 Å². The lowest BCUT2D eigenvalue weighted by Gasteiger charge is -2.29. The van der Waals surface area contributed by atoms with Gasteiger partial charge in [0.1, 0.15) is 0 Å². The highest BCUT2D eigenvalue weighted by molar-refractivity contribution is 5.98. The van der Waals surface area contributed by atoms with Crippen LogP contribution in [0.4, 0.5) is 5.95 Å². The van der Waals surface area contributed by atoms with Crippen molar-refractivity contribution in [3.8, 4) is 5.69 Å². The molecule has 1 aliphatic rings. The van der Waals surface area contributed by atoms with Gasteiger partial charge in [-0.05, 0) is 35.0 Å². The first-order valence-corrected chi connectivity index (χ1v) is 10.3. The average molecular weight is 410 g/mol. The van der Waals surface area contributed by atoms with Crippen LogP contribution in [-0.2, 0) is 13.0 Å². The van der Waals surface area contributed by atoms with Crippen molar-refractivity contribution in [2.24, 2.45) is 0 Å². The van der Waals surface area contributed by atoms with Gasteiger partial charge < -0.3 is 10.2 Å². The van der Waals surface area contributed by atoms with Crippen LogP contribution in [0.25, 0.3) is 16.5 Å². The largest absolute Gasteiger partial charge is 0.358 e. The highest BCUT2D eigenvalue weighted by Crippen LogP contribution is 2.22. The van der Waals surface area contributed by atoms with Crippen LogP contribution < -0.4 is 10.9 Å². The molecule has 6 heteroatoms. The van der Waals surface area contributed by atoms with Crippen LogP contribution in [-0.4, -0.2) is 34.0 Å². The number of benzene rings is 3. The van der Waals surface area contributed by atoms with Crippen LogP contribution in [0.3, 0.4) is 0 Å². The molecule has 0 radical (unpaired) electrons. The second-order valence-electron chi connectivity index (χ2n) is 7.63. The number of carbonyl (C=O) groups excluding carboxylic acids is 1. The molecule has 1 amide bonds. The summed E-state index contributed by atoms with van der Waals surface area (Å²) in [5.41, 5.74) is 2.55. The monoisotopic (exact) mass is 410 g/mol. The Balaban J connectivity index is 1.52. The standard InChI is InChI=1S/C25H22N4O2/c1-26-25-27-22-13-14-28(16-21(22)24(31)29(25)20-9-3-2-4-10-20)23(30)19-12-11-17-7-5-6-8-18(17)15-19/h2-12,15H,13-14,16H2,1H3,(H,26,27). The van der Waals surface area contributed by atoms with Gasteiger partial charge in [-0.3, -0.25) is 9.59 Å². The molecule has 0 saturated carbocycles. The summed E-state index contributed by atoms with van der Waals surface area (Å²) in [5, 5.41) is 5.15. The Morgan fingerprint density at radius 1 is 0.968 bits per heavy atom. The molecule has 1 aromatic heterocycles. The van der Waals surface area contributed by atoms with Crippen LogP contribution in [0.1, 0.15) is 21.6 Å². The lowest BCUT2D eigenvalue weighted by molar-refractivity contribution is 0.0732. The van der Waals surface area contributed by atoms with Gasteiger partial charge in [0.05, 0.1) is 23.5 Å². The normalized spacial score (nSPS) is 13.1. The van der Waals surface area contributed by atoms with Gasteiger partial charge in [0, 0.05) is 25.6 Å². The molecule has 0 atom stereocenters. The fraction of sp³-hybridized carbons (Fsp3) is 0.160. The highest BCUT2D eigenvalue weighted by atomic mass is 16.2. The summed E-state index contributed by atoms with van der Waals surface area (Å²) in [6.45, 7) is 0.785. The van der Waals surface area contributed by atoms with Gasteiger partial charge in [0.25, 0.3) is 11.5 Å². The number of nitrogens with zero attached hydrogens (tertiary/aromatic N) is 3. The number of hydrogen-bond acceptors (Lipinski definition) is 4. The van der Waals surface area contributed by atoms with Crippen molar-refractivity contribution < 1.29 is 4.79 Å². The van der Waals surface area contributed by atoms with Gasteiger partial charge in [-0.1, -0.05) is 48.5 Å². The van der Waals surface area contributed by atoms with Gasteiger partial charge >= 0.3 is 0 Å². The van der Waals surface area contributed by atoms with E-state index in [4.69, 9.17) is 4.98 Å². The number of rotatable bonds is 3. The molecule has 154 valence electrons. The zero-order chi connectivity index (χ0) is 21.4. The van der Waals surface area contributed by atoms with Gasteiger partial charge in [0.2, 0.25) is 5.95 Å². The molecule has 0 saturated heterocycles. The SMILES string of the molecule is CNc1nc2c(c(=O)n1-c1ccccc1)CN(C(=O)c1ccc3ccccc3c1)CC2. The first-order chi connectivity index (χ1) is 15.2. The summed E-state index contributed by atoms with van der Waals surface area (Å²) >= 11 is 0. The topological polar surface area (TPSA) is 67.2 Å². The summed E-state index contributed by atoms with van der Waals surface area (Å²) in [6.07, 6.45) is 0.550. The lowest BCUT2D eigenvalue weighted by atomic mass is 10.0. The van der Waals surface area contributed by atoms with Crippen molar-refractivity contribution in [2.45, 2.75) is 13.0 Å². The minimum absolute atomic E-state index is 0.0697. The van der Waals surface area contributed by atoms with Crippen molar-refractivity contribution in [1.82, 2.24) is 14.5 Å². The predicted molar refractivity (Wildman–Crippen MR) is 122 cm³/mol. The molecule has 3 aromatic carbocycles. The molecule has 4 aromatic rings. The maximum atomic E-state index is 13.4. The van der Waals surface area contributed by atoms with Crippen molar-refractivity contribution in [3.05, 3.63) is 100.0 Å². The number of hydrogen-bond donors (Lipinski definition) is 1. The number of anilines is 1. The molecule has 6 nitrogen and oxygen atoms in total. The van der Waals surface area contributed by atoms with Crippen LogP contribution in [0.15, 0.2) is 77.6 Å². The first-order valence-electron chi connectivity index (χ1n) is 10.3. The minimum Gasteiger partial charge on any atom is -0.358 e. The van der Waals surface area contributed by atoms with E-state index < -0.39 is 0 Å². The van der Waals surface area contributed by atoms with Crippen molar-refractivity contribution in [2.75, 3.05) is 18.9 Å². The number of nitrogens with one attached hydrogen (secondary N) is 1. The van der Waals surface area contributed by atoms with E-state index in [1.807, 2.05) is 72.8 Å². The Morgan fingerprint density at radius 3 is 2.48 bits per heavy atom. The molecule has 31 heavy (non-hydrogen) atoms. The zero-order valence-electron chi connectivity index (χ0n) is 17.2. The van der Waals surface area contributed by atoms with Crippen molar-refractivity contribution in [3.63, 3.8) is 0 Å². The maximum Gasteiger partial charge on any atom is 0.264 e. The number of aromatic nitrogens is 2. The Morgan fingerprint density at radius 2 is 1.71 bits per heavy atom. The maximum absolute atomic E-state index is 13.4. The fourth-order valence-corrected chi connectivity index (χ4v) is 4.14. The van der Waals surface area contributed by atoms with E-state index in [0.29, 0.717) is 30.0 Å². The summed E-state index contributed by atoms with van der Waals surface area (Å²) in [4.78, 5) is 33.1. The average Bonchev–Trinajstić information content (AvgIpc) is 2.83. The van der Waals surface area contributed by atoms with Gasteiger partial charge in [0.15, 0.2) is 0 Å². The molecular formula is C25H22N4O2. The van der Waals surface area contributed by atoms with Crippen LogP contribution in [0.5, 0.6) is 0 Å². The molecule has 0 aliphatic carbocycles. The second kappa shape index (κ2) is 7.72. The highest BCUT2D eigenvalue weighted by Gasteiger charge is 2.27. The first kappa shape index (κ1) is 19.1. The molecular weight excluding hydrogens is 388 g/mol. The van der Waals surface area contributed by atoms with E-state index in [2.05, 4.69) is 5.32 Å². The summed E-state index contributed by atoms with van der Waals surface area (Å²) in [7, 11) is 1.76. The second-order valence-corrected chi connectivity index (χ2v) is 7.63. The molecule has 0 unspecified atom stereocenters. The van der Waals surface area contributed by atoms with Crippen LogP contribution in [0.2, 0.25) is 0 Å². The van der Waals surface area contributed by atoms with Gasteiger partial charge in [-0.2, -0.15) is 0 Å². The third-order valence-electron chi connectivity index (χ3n) is 5.75. The van der Waals surface area contributed by atoms with Crippen molar-refractivity contribution >= 4 is 22.6 Å². The Bertz CT molecular complexity index is 1340. The Kier molecular flexibility index (Phi) is 4.75. The zero-order valence-corrected chi connectivity index (χ0v) is 17.2. The summed E-state index contributed by atoms with van der Waals surface area (Å²) in [5.74, 6) is 0.434. The third kappa shape index (κ3) is 3.36. The van der Waals surface area contributed by atoms with Crippen molar-refractivity contribution in [1.29, 1.82) is 0 Å². The number of carbonyl (C=O) groups is 1. The minimum atomic E-state index is -0.142. The molecule has 1 aliphatic heterocycles. The van der Waals surface area contributed by atoms with Gasteiger partial charge in [-0.25, -0.2) is 9.55 Å². The molecule has 0 fully saturated rings. The molecule has 1 N–H and O–H groups in total. The molecule has 0 bridgehead atoms. The van der Waals surface area contributed by atoms with Gasteiger partial charge in [-0.15, -0.1) is 0 Å². The van der Waals surface area contributed by atoms with E-state index in [-0.39, 0.29) is 18.0 Å².